The van der Waals surface area contributed by atoms with E-state index in [1.54, 1.807) is 18.2 Å². The molecule has 1 heterocycles. The van der Waals surface area contributed by atoms with Crippen LogP contribution >= 0.6 is 15.9 Å². The highest BCUT2D eigenvalue weighted by atomic mass is 79.9. The molecule has 0 fully saturated rings. The van der Waals surface area contributed by atoms with E-state index in [4.69, 9.17) is 4.52 Å². The zero-order valence-electron chi connectivity index (χ0n) is 7.41. The Kier molecular flexibility index (Phi) is 2.64. The van der Waals surface area contributed by atoms with Crippen LogP contribution in [0.5, 0.6) is 0 Å². The quantitative estimate of drug-likeness (QED) is 0.787. The van der Waals surface area contributed by atoms with Crippen molar-refractivity contribution in [1.82, 2.24) is 5.16 Å². The van der Waals surface area contributed by atoms with Crippen LogP contribution in [0, 0.1) is 5.82 Å². The van der Waals surface area contributed by atoms with Crippen LogP contribution in [0.25, 0.3) is 11.3 Å². The molecular formula is C10H5BrFNO2. The van der Waals surface area contributed by atoms with Gasteiger partial charge in [0.1, 0.15) is 5.82 Å². The van der Waals surface area contributed by atoms with Gasteiger partial charge in [0.2, 0.25) is 0 Å². The standard InChI is InChI=1S/C10H5BrFNO2/c11-9-8(5-14)13-15-10(9)6-3-1-2-4-7(6)12/h1-5H. The third-order valence-electron chi connectivity index (χ3n) is 1.89. The molecule has 1 aromatic carbocycles. The average molecular weight is 270 g/mol. The van der Waals surface area contributed by atoms with Crippen LogP contribution in [-0.2, 0) is 0 Å². The molecule has 2 rings (SSSR count). The zero-order chi connectivity index (χ0) is 10.8. The Morgan fingerprint density at radius 1 is 1.40 bits per heavy atom. The van der Waals surface area contributed by atoms with E-state index in [0.717, 1.165) is 0 Å². The van der Waals surface area contributed by atoms with Gasteiger partial charge in [0.05, 0.1) is 10.0 Å². The van der Waals surface area contributed by atoms with E-state index in [2.05, 4.69) is 21.1 Å². The summed E-state index contributed by atoms with van der Waals surface area (Å²) in [6.07, 6.45) is 0.540. The van der Waals surface area contributed by atoms with Gasteiger partial charge in [-0.25, -0.2) is 4.39 Å². The van der Waals surface area contributed by atoms with E-state index in [1.165, 1.54) is 6.07 Å². The lowest BCUT2D eigenvalue weighted by Crippen LogP contribution is -1.82. The zero-order valence-corrected chi connectivity index (χ0v) is 8.99. The van der Waals surface area contributed by atoms with Crippen LogP contribution in [0.15, 0.2) is 33.3 Å². The van der Waals surface area contributed by atoms with Gasteiger partial charge in [0.25, 0.3) is 0 Å². The third kappa shape index (κ3) is 1.70. The van der Waals surface area contributed by atoms with E-state index in [9.17, 15) is 9.18 Å². The van der Waals surface area contributed by atoms with Gasteiger partial charge >= 0.3 is 0 Å². The van der Waals surface area contributed by atoms with Gasteiger partial charge in [-0.05, 0) is 28.1 Å². The normalized spacial score (nSPS) is 10.3. The number of benzene rings is 1. The molecule has 0 spiro atoms. The third-order valence-corrected chi connectivity index (χ3v) is 2.66. The van der Waals surface area contributed by atoms with Crippen LogP contribution in [-0.4, -0.2) is 11.4 Å². The molecule has 0 aliphatic heterocycles. The van der Waals surface area contributed by atoms with Gasteiger partial charge in [-0.2, -0.15) is 0 Å². The summed E-state index contributed by atoms with van der Waals surface area (Å²) in [7, 11) is 0. The van der Waals surface area contributed by atoms with E-state index in [1.807, 2.05) is 0 Å². The highest BCUT2D eigenvalue weighted by Crippen LogP contribution is 2.31. The topological polar surface area (TPSA) is 43.1 Å². The molecule has 0 aliphatic carbocycles. The van der Waals surface area contributed by atoms with Gasteiger partial charge in [-0.15, -0.1) is 0 Å². The molecule has 0 radical (unpaired) electrons. The SMILES string of the molecule is O=Cc1noc(-c2ccccc2F)c1Br. The Labute approximate surface area is 93.0 Å². The minimum Gasteiger partial charge on any atom is -0.354 e. The fourth-order valence-electron chi connectivity index (χ4n) is 1.18. The molecule has 76 valence electrons. The molecule has 0 N–H and O–H groups in total. The molecule has 2 aromatic rings. The lowest BCUT2D eigenvalue weighted by atomic mass is 10.1. The fourth-order valence-corrected chi connectivity index (χ4v) is 1.63. The summed E-state index contributed by atoms with van der Waals surface area (Å²) in [5.41, 5.74) is 0.387. The number of aldehydes is 1. The Morgan fingerprint density at radius 3 is 2.73 bits per heavy atom. The molecule has 0 atom stereocenters. The van der Waals surface area contributed by atoms with Crippen molar-refractivity contribution in [3.05, 3.63) is 40.2 Å². The lowest BCUT2D eigenvalue weighted by molar-refractivity contribution is 0.111. The van der Waals surface area contributed by atoms with Gasteiger partial charge in [-0.3, -0.25) is 4.79 Å². The summed E-state index contributed by atoms with van der Waals surface area (Å²) >= 11 is 3.13. The predicted octanol–water partition coefficient (Wildman–Crippen LogP) is 3.06. The maximum atomic E-state index is 13.4. The lowest BCUT2D eigenvalue weighted by Gasteiger charge is -1.97. The maximum Gasteiger partial charge on any atom is 0.184 e. The van der Waals surface area contributed by atoms with Crippen molar-refractivity contribution in [3.63, 3.8) is 0 Å². The van der Waals surface area contributed by atoms with Crippen molar-refractivity contribution >= 4 is 22.2 Å². The molecule has 0 amide bonds. The number of carbonyl (C=O) groups is 1. The second-order valence-electron chi connectivity index (χ2n) is 2.81. The predicted molar refractivity (Wildman–Crippen MR) is 55.0 cm³/mol. The van der Waals surface area contributed by atoms with Gasteiger partial charge < -0.3 is 4.52 Å². The molecule has 0 unspecified atom stereocenters. The first-order chi connectivity index (χ1) is 7.24. The highest BCUT2D eigenvalue weighted by Gasteiger charge is 2.17. The van der Waals surface area contributed by atoms with Crippen LogP contribution < -0.4 is 0 Å². The molecule has 3 nitrogen and oxygen atoms in total. The van der Waals surface area contributed by atoms with Crippen molar-refractivity contribution in [2.45, 2.75) is 0 Å². The number of hydrogen-bond donors (Lipinski definition) is 0. The van der Waals surface area contributed by atoms with Gasteiger partial charge in [0, 0.05) is 0 Å². The van der Waals surface area contributed by atoms with E-state index < -0.39 is 5.82 Å². The summed E-state index contributed by atoms with van der Waals surface area (Å²) in [6.45, 7) is 0. The first-order valence-corrected chi connectivity index (χ1v) is 4.88. The van der Waals surface area contributed by atoms with Crippen LogP contribution in [0.2, 0.25) is 0 Å². The molecule has 0 aliphatic rings. The van der Waals surface area contributed by atoms with Crippen molar-refractivity contribution in [2.75, 3.05) is 0 Å². The highest BCUT2D eigenvalue weighted by molar-refractivity contribution is 9.10. The number of halogens is 2. The van der Waals surface area contributed by atoms with E-state index in [-0.39, 0.29) is 17.0 Å². The Bertz CT molecular complexity index is 510. The molecule has 0 saturated heterocycles. The smallest absolute Gasteiger partial charge is 0.184 e. The van der Waals surface area contributed by atoms with E-state index in [0.29, 0.717) is 10.8 Å². The molecule has 15 heavy (non-hydrogen) atoms. The molecular weight excluding hydrogens is 265 g/mol. The number of nitrogens with zero attached hydrogens (tertiary/aromatic N) is 1. The minimum atomic E-state index is -0.424. The number of carbonyl (C=O) groups excluding carboxylic acids is 1. The summed E-state index contributed by atoms with van der Waals surface area (Å²) in [4.78, 5) is 10.5. The largest absolute Gasteiger partial charge is 0.354 e. The van der Waals surface area contributed by atoms with Crippen LogP contribution in [0.1, 0.15) is 10.5 Å². The average Bonchev–Trinajstić information content (AvgIpc) is 2.60. The number of hydrogen-bond acceptors (Lipinski definition) is 3. The van der Waals surface area contributed by atoms with E-state index >= 15 is 0 Å². The maximum absolute atomic E-state index is 13.4. The number of aromatic nitrogens is 1. The van der Waals surface area contributed by atoms with Crippen LogP contribution in [0.3, 0.4) is 0 Å². The second kappa shape index (κ2) is 3.94. The summed E-state index contributed by atoms with van der Waals surface area (Å²) in [5.74, 6) is -0.206. The first-order valence-electron chi connectivity index (χ1n) is 4.09. The van der Waals surface area contributed by atoms with Crippen LogP contribution in [0.4, 0.5) is 4.39 Å². The summed E-state index contributed by atoms with van der Waals surface area (Å²) in [6, 6.07) is 6.11. The Balaban J connectivity index is 2.59. The van der Waals surface area contributed by atoms with Crippen molar-refractivity contribution in [2.24, 2.45) is 0 Å². The van der Waals surface area contributed by atoms with Crippen molar-refractivity contribution < 1.29 is 13.7 Å². The van der Waals surface area contributed by atoms with Gasteiger partial charge in [0.15, 0.2) is 17.7 Å². The second-order valence-corrected chi connectivity index (χ2v) is 3.60. The summed E-state index contributed by atoms with van der Waals surface area (Å²) in [5, 5.41) is 3.50. The molecule has 5 heteroatoms. The monoisotopic (exact) mass is 269 g/mol. The minimum absolute atomic E-state index is 0.119. The Hall–Kier alpha value is -1.49. The van der Waals surface area contributed by atoms with Gasteiger partial charge in [-0.1, -0.05) is 17.3 Å². The molecule has 0 saturated carbocycles. The summed E-state index contributed by atoms with van der Waals surface area (Å²) < 4.78 is 18.6. The first kappa shape index (κ1) is 10.0. The molecule has 0 bridgehead atoms. The number of rotatable bonds is 2. The molecule has 1 aromatic heterocycles. The van der Waals surface area contributed by atoms with Crippen molar-refractivity contribution in [1.29, 1.82) is 0 Å². The Morgan fingerprint density at radius 2 is 2.13 bits per heavy atom. The fraction of sp³-hybridized carbons (Fsp3) is 0. The van der Waals surface area contributed by atoms with Crippen molar-refractivity contribution in [3.8, 4) is 11.3 Å².